The lowest BCUT2D eigenvalue weighted by Crippen LogP contribution is -2.34. The third-order valence-corrected chi connectivity index (χ3v) is 6.74. The molecule has 31 heavy (non-hydrogen) atoms. The number of amides is 1. The summed E-state index contributed by atoms with van der Waals surface area (Å²) in [6, 6.07) is 12.5. The largest absolute Gasteiger partial charge is 0.356 e. The fraction of sp³-hybridized carbons (Fsp3) is 0.261. The Hall–Kier alpha value is -3.10. The fourth-order valence-electron chi connectivity index (χ4n) is 3.90. The van der Waals surface area contributed by atoms with Crippen LogP contribution in [0, 0.1) is 5.82 Å². The van der Waals surface area contributed by atoms with Crippen molar-refractivity contribution in [1.29, 1.82) is 0 Å². The number of hydrogen-bond acceptors (Lipinski definition) is 6. The zero-order valence-corrected chi connectivity index (χ0v) is 18.0. The number of nitrogens with zero attached hydrogens (tertiary/aromatic N) is 4. The molecule has 3 heterocycles. The standard InChI is InChI=1S/C23H21FN4O2S/c1-27(2)17-9-10-28(13-17)23(29)20-12-25-22(31-20)21-18-8-5-15(11-19(18)30-26-21)14-3-6-16(24)7-4-14/h3-8,11-12,17H,9-10,13H2,1-2H3/t17-/m1/s1. The van der Waals surface area contributed by atoms with Gasteiger partial charge in [0, 0.05) is 19.1 Å². The van der Waals surface area contributed by atoms with Crippen LogP contribution in [0.5, 0.6) is 0 Å². The van der Waals surface area contributed by atoms with E-state index in [1.54, 1.807) is 18.3 Å². The molecule has 1 amide bonds. The third-order valence-electron chi connectivity index (χ3n) is 5.75. The van der Waals surface area contributed by atoms with E-state index in [0.717, 1.165) is 36.0 Å². The molecule has 8 heteroatoms. The van der Waals surface area contributed by atoms with E-state index in [1.165, 1.54) is 23.5 Å². The van der Waals surface area contributed by atoms with Gasteiger partial charge in [0.1, 0.15) is 21.4 Å². The summed E-state index contributed by atoms with van der Waals surface area (Å²) in [7, 11) is 4.08. The van der Waals surface area contributed by atoms with Gasteiger partial charge in [-0.15, -0.1) is 11.3 Å². The molecule has 0 spiro atoms. The molecule has 2 aromatic carbocycles. The van der Waals surface area contributed by atoms with E-state index in [-0.39, 0.29) is 11.7 Å². The van der Waals surface area contributed by atoms with E-state index in [1.807, 2.05) is 37.2 Å². The SMILES string of the molecule is CN(C)[C@@H]1CCN(C(=O)c2cnc(-c3noc4cc(-c5ccc(F)cc5)ccc34)s2)C1. The molecule has 0 N–H and O–H groups in total. The second kappa shape index (κ2) is 7.86. The molecule has 1 aliphatic rings. The number of hydrogen-bond donors (Lipinski definition) is 0. The molecule has 0 aliphatic carbocycles. The summed E-state index contributed by atoms with van der Waals surface area (Å²) in [6.07, 6.45) is 2.60. The fourth-order valence-corrected chi connectivity index (χ4v) is 4.78. The third kappa shape index (κ3) is 3.73. The Morgan fingerprint density at radius 1 is 1.19 bits per heavy atom. The van der Waals surface area contributed by atoms with Crippen molar-refractivity contribution in [3.63, 3.8) is 0 Å². The quantitative estimate of drug-likeness (QED) is 0.470. The van der Waals surface area contributed by atoms with Gasteiger partial charge in [-0.05, 0) is 55.9 Å². The molecule has 6 nitrogen and oxygen atoms in total. The highest BCUT2D eigenvalue weighted by Crippen LogP contribution is 2.34. The minimum Gasteiger partial charge on any atom is -0.356 e. The Morgan fingerprint density at radius 2 is 1.97 bits per heavy atom. The second-order valence-corrected chi connectivity index (χ2v) is 8.97. The normalized spacial score (nSPS) is 16.5. The van der Waals surface area contributed by atoms with E-state index >= 15 is 0 Å². The predicted molar refractivity (Wildman–Crippen MR) is 119 cm³/mol. The van der Waals surface area contributed by atoms with Crippen LogP contribution in [-0.4, -0.2) is 59.1 Å². The lowest BCUT2D eigenvalue weighted by molar-refractivity contribution is 0.0787. The average molecular weight is 437 g/mol. The van der Waals surface area contributed by atoms with E-state index in [0.29, 0.717) is 27.2 Å². The number of fused-ring (bicyclic) bond motifs is 1. The number of carbonyl (C=O) groups is 1. The maximum absolute atomic E-state index is 13.2. The molecule has 1 saturated heterocycles. The first-order chi connectivity index (χ1) is 15.0. The molecule has 5 rings (SSSR count). The van der Waals surface area contributed by atoms with Crippen LogP contribution in [0.3, 0.4) is 0 Å². The van der Waals surface area contributed by atoms with E-state index in [9.17, 15) is 9.18 Å². The Morgan fingerprint density at radius 3 is 2.71 bits per heavy atom. The average Bonchev–Trinajstić information content (AvgIpc) is 3.52. The number of benzene rings is 2. The molecule has 0 radical (unpaired) electrons. The minimum atomic E-state index is -0.271. The number of aromatic nitrogens is 2. The van der Waals surface area contributed by atoms with Crippen molar-refractivity contribution >= 4 is 28.2 Å². The Labute approximate surface area is 182 Å². The van der Waals surface area contributed by atoms with Crippen LogP contribution in [0.2, 0.25) is 0 Å². The van der Waals surface area contributed by atoms with Gasteiger partial charge in [-0.1, -0.05) is 23.4 Å². The van der Waals surface area contributed by atoms with Crippen molar-refractivity contribution in [3.05, 3.63) is 59.4 Å². The van der Waals surface area contributed by atoms with E-state index < -0.39 is 0 Å². The zero-order chi connectivity index (χ0) is 21.5. The maximum atomic E-state index is 13.2. The molecule has 158 valence electrons. The Balaban J connectivity index is 1.40. The van der Waals surface area contributed by atoms with Crippen molar-refractivity contribution in [2.24, 2.45) is 0 Å². The van der Waals surface area contributed by atoms with Crippen LogP contribution in [-0.2, 0) is 0 Å². The van der Waals surface area contributed by atoms with Crippen molar-refractivity contribution in [2.45, 2.75) is 12.5 Å². The van der Waals surface area contributed by atoms with Crippen LogP contribution < -0.4 is 0 Å². The summed E-state index contributed by atoms with van der Waals surface area (Å²) in [6.45, 7) is 1.49. The summed E-state index contributed by atoms with van der Waals surface area (Å²) in [4.78, 5) is 22.0. The van der Waals surface area contributed by atoms with Gasteiger partial charge in [0.25, 0.3) is 5.91 Å². The molecule has 4 aromatic rings. The van der Waals surface area contributed by atoms with Crippen LogP contribution in [0.1, 0.15) is 16.1 Å². The first kappa shape index (κ1) is 19.8. The summed E-state index contributed by atoms with van der Waals surface area (Å²) >= 11 is 1.33. The highest BCUT2D eigenvalue weighted by atomic mass is 32.1. The molecule has 2 aromatic heterocycles. The van der Waals surface area contributed by atoms with Crippen molar-refractivity contribution in [3.8, 4) is 21.8 Å². The monoisotopic (exact) mass is 436 g/mol. The lowest BCUT2D eigenvalue weighted by atomic mass is 10.0. The number of halogens is 1. The summed E-state index contributed by atoms with van der Waals surface area (Å²) in [5.41, 5.74) is 3.05. The first-order valence-corrected chi connectivity index (χ1v) is 10.9. The summed E-state index contributed by atoms with van der Waals surface area (Å²) in [5, 5.41) is 5.68. The van der Waals surface area contributed by atoms with Crippen LogP contribution >= 0.6 is 11.3 Å². The van der Waals surface area contributed by atoms with Crippen LogP contribution in [0.25, 0.3) is 32.8 Å². The maximum Gasteiger partial charge on any atom is 0.265 e. The molecular weight excluding hydrogens is 415 g/mol. The predicted octanol–water partition coefficient (Wildman–Crippen LogP) is 4.53. The van der Waals surface area contributed by atoms with Gasteiger partial charge in [0.2, 0.25) is 0 Å². The van der Waals surface area contributed by atoms with Crippen LogP contribution in [0.4, 0.5) is 4.39 Å². The van der Waals surface area contributed by atoms with Crippen molar-refractivity contribution in [1.82, 2.24) is 19.9 Å². The minimum absolute atomic E-state index is 0.0134. The lowest BCUT2D eigenvalue weighted by Gasteiger charge is -2.19. The highest BCUT2D eigenvalue weighted by Gasteiger charge is 2.29. The van der Waals surface area contributed by atoms with Crippen molar-refractivity contribution < 1.29 is 13.7 Å². The van der Waals surface area contributed by atoms with E-state index in [4.69, 9.17) is 4.52 Å². The van der Waals surface area contributed by atoms with Crippen molar-refractivity contribution in [2.75, 3.05) is 27.2 Å². The molecule has 0 unspecified atom stereocenters. The van der Waals surface area contributed by atoms with Gasteiger partial charge >= 0.3 is 0 Å². The van der Waals surface area contributed by atoms with Gasteiger partial charge in [-0.2, -0.15) is 0 Å². The Kier molecular flexibility index (Phi) is 5.03. The summed E-state index contributed by atoms with van der Waals surface area (Å²) < 4.78 is 18.7. The molecule has 1 atom stereocenters. The van der Waals surface area contributed by atoms with Gasteiger partial charge in [-0.25, -0.2) is 9.37 Å². The topological polar surface area (TPSA) is 62.5 Å². The Bertz CT molecular complexity index is 1250. The second-order valence-electron chi connectivity index (χ2n) is 7.94. The molecule has 0 saturated carbocycles. The van der Waals surface area contributed by atoms with Gasteiger partial charge in [0.15, 0.2) is 5.58 Å². The smallest absolute Gasteiger partial charge is 0.265 e. The van der Waals surface area contributed by atoms with Gasteiger partial charge in [0.05, 0.1) is 11.6 Å². The van der Waals surface area contributed by atoms with E-state index in [2.05, 4.69) is 15.0 Å². The molecule has 1 fully saturated rings. The molecule has 0 bridgehead atoms. The molecular formula is C23H21FN4O2S. The van der Waals surface area contributed by atoms with Crippen LogP contribution in [0.15, 0.2) is 53.2 Å². The number of thiazole rings is 1. The number of likely N-dealkylation sites (N-methyl/N-ethyl adjacent to an activating group) is 1. The first-order valence-electron chi connectivity index (χ1n) is 10.1. The molecule has 1 aliphatic heterocycles. The highest BCUT2D eigenvalue weighted by molar-refractivity contribution is 7.17. The number of rotatable bonds is 4. The van der Waals surface area contributed by atoms with Gasteiger partial charge in [-0.3, -0.25) is 4.79 Å². The zero-order valence-electron chi connectivity index (χ0n) is 17.2. The summed E-state index contributed by atoms with van der Waals surface area (Å²) in [5.74, 6) is -0.258. The number of likely N-dealkylation sites (tertiary alicyclic amines) is 1. The van der Waals surface area contributed by atoms with Gasteiger partial charge < -0.3 is 14.3 Å². The number of carbonyl (C=O) groups excluding carboxylic acids is 1.